The highest BCUT2D eigenvalue weighted by Crippen LogP contribution is 2.24. The number of carbonyl (C=O) groups is 1. The summed E-state index contributed by atoms with van der Waals surface area (Å²) in [6.07, 6.45) is 0. The third-order valence-corrected chi connectivity index (χ3v) is 5.42. The molecule has 2 amide bonds. The molecule has 5 heteroatoms. The molecule has 2 aromatic carbocycles. The van der Waals surface area contributed by atoms with Crippen LogP contribution in [0.2, 0.25) is 0 Å². The number of rotatable bonds is 5. The number of carbonyl (C=O) groups excluding carboxylic acids is 1. The number of benzene rings is 2. The Balaban J connectivity index is 2.11. The highest BCUT2D eigenvalue weighted by molar-refractivity contribution is 7.86. The molecule has 0 spiro atoms. The number of para-hydroxylation sites is 2. The highest BCUT2D eigenvalue weighted by Gasteiger charge is 2.21. The molecule has 1 unspecified atom stereocenters. The van der Waals surface area contributed by atoms with Crippen LogP contribution < -0.4 is 10.2 Å². The summed E-state index contributed by atoms with van der Waals surface area (Å²) < 4.78 is 11.8. The molecule has 0 aliphatic carbocycles. The van der Waals surface area contributed by atoms with Crippen LogP contribution >= 0.6 is 0 Å². The van der Waals surface area contributed by atoms with Crippen molar-refractivity contribution in [1.82, 2.24) is 5.32 Å². The average molecular weight is 344 g/mol. The summed E-state index contributed by atoms with van der Waals surface area (Å²) in [5, 5.41) is 2.88. The molecule has 0 heterocycles. The van der Waals surface area contributed by atoms with Crippen molar-refractivity contribution in [1.29, 1.82) is 0 Å². The SMILES string of the molecule is CC(C)(C)S(=O)CCNC(=O)N(c1ccccc1)c1ccccc1. The molecular weight excluding hydrogens is 320 g/mol. The molecule has 0 bridgehead atoms. The van der Waals surface area contributed by atoms with E-state index in [4.69, 9.17) is 0 Å². The lowest BCUT2D eigenvalue weighted by atomic mass is 10.2. The van der Waals surface area contributed by atoms with Crippen LogP contribution in [-0.4, -0.2) is 27.3 Å². The second kappa shape index (κ2) is 8.11. The van der Waals surface area contributed by atoms with Crippen molar-refractivity contribution in [3.05, 3.63) is 60.7 Å². The number of nitrogens with zero attached hydrogens (tertiary/aromatic N) is 1. The van der Waals surface area contributed by atoms with Crippen molar-refractivity contribution in [2.45, 2.75) is 25.5 Å². The maximum Gasteiger partial charge on any atom is 0.326 e. The number of hydrogen-bond donors (Lipinski definition) is 1. The number of nitrogens with one attached hydrogen (secondary N) is 1. The Labute approximate surface area is 146 Å². The summed E-state index contributed by atoms with van der Waals surface area (Å²) in [6.45, 7) is 6.18. The van der Waals surface area contributed by atoms with E-state index in [0.29, 0.717) is 12.3 Å². The molecule has 1 N–H and O–H groups in total. The molecule has 128 valence electrons. The van der Waals surface area contributed by atoms with Crippen LogP contribution in [0.15, 0.2) is 60.7 Å². The molecule has 0 saturated carbocycles. The summed E-state index contributed by atoms with van der Waals surface area (Å²) in [4.78, 5) is 14.3. The lowest BCUT2D eigenvalue weighted by Gasteiger charge is -2.24. The van der Waals surface area contributed by atoms with Crippen LogP contribution in [0, 0.1) is 0 Å². The van der Waals surface area contributed by atoms with Crippen LogP contribution in [0.3, 0.4) is 0 Å². The lowest BCUT2D eigenvalue weighted by molar-refractivity contribution is 0.249. The van der Waals surface area contributed by atoms with E-state index in [1.54, 1.807) is 4.90 Å². The summed E-state index contributed by atoms with van der Waals surface area (Å²) in [5.41, 5.74) is 1.58. The maximum absolute atomic E-state index is 12.7. The van der Waals surface area contributed by atoms with Gasteiger partial charge in [0.25, 0.3) is 0 Å². The van der Waals surface area contributed by atoms with Gasteiger partial charge in [-0.3, -0.25) is 9.11 Å². The first-order valence-electron chi connectivity index (χ1n) is 7.96. The summed E-state index contributed by atoms with van der Waals surface area (Å²) in [7, 11) is -0.989. The minimum atomic E-state index is -0.989. The van der Waals surface area contributed by atoms with E-state index in [-0.39, 0.29) is 10.8 Å². The zero-order chi connectivity index (χ0) is 17.6. The molecule has 1 atom stereocenters. The van der Waals surface area contributed by atoms with E-state index < -0.39 is 10.8 Å². The predicted molar refractivity (Wildman–Crippen MR) is 101 cm³/mol. The van der Waals surface area contributed by atoms with Gasteiger partial charge < -0.3 is 5.32 Å². The first-order chi connectivity index (χ1) is 11.4. The van der Waals surface area contributed by atoms with Gasteiger partial charge in [0.1, 0.15) is 0 Å². The summed E-state index contributed by atoms with van der Waals surface area (Å²) in [5.74, 6) is 0.437. The fraction of sp³-hybridized carbons (Fsp3) is 0.316. The topological polar surface area (TPSA) is 49.4 Å². The Morgan fingerprint density at radius 3 is 1.83 bits per heavy atom. The van der Waals surface area contributed by atoms with Gasteiger partial charge in [-0.05, 0) is 45.0 Å². The summed E-state index contributed by atoms with van der Waals surface area (Å²) in [6, 6.07) is 18.7. The monoisotopic (exact) mass is 344 g/mol. The molecule has 0 aromatic heterocycles. The van der Waals surface area contributed by atoms with Crippen LogP contribution in [0.5, 0.6) is 0 Å². The van der Waals surface area contributed by atoms with Crippen LogP contribution in [0.25, 0.3) is 0 Å². The van der Waals surface area contributed by atoms with Crippen molar-refractivity contribution < 1.29 is 9.00 Å². The highest BCUT2D eigenvalue weighted by atomic mass is 32.2. The molecule has 0 fully saturated rings. The Kier molecular flexibility index (Phi) is 6.15. The molecule has 24 heavy (non-hydrogen) atoms. The van der Waals surface area contributed by atoms with Gasteiger partial charge in [0.05, 0.1) is 11.4 Å². The normalized spacial score (nSPS) is 12.5. The molecular formula is C19H24N2O2S. The Morgan fingerprint density at radius 2 is 1.42 bits per heavy atom. The number of hydrogen-bond acceptors (Lipinski definition) is 2. The van der Waals surface area contributed by atoms with E-state index in [2.05, 4.69) is 5.32 Å². The second-order valence-corrected chi connectivity index (χ2v) is 8.72. The van der Waals surface area contributed by atoms with Gasteiger partial charge in [0.15, 0.2) is 0 Å². The first-order valence-corrected chi connectivity index (χ1v) is 9.28. The largest absolute Gasteiger partial charge is 0.336 e. The van der Waals surface area contributed by atoms with E-state index in [1.165, 1.54) is 0 Å². The van der Waals surface area contributed by atoms with Gasteiger partial charge in [-0.2, -0.15) is 0 Å². The van der Waals surface area contributed by atoms with Crippen LogP contribution in [-0.2, 0) is 10.8 Å². The van der Waals surface area contributed by atoms with Gasteiger partial charge in [-0.15, -0.1) is 0 Å². The fourth-order valence-electron chi connectivity index (χ4n) is 2.17. The number of amides is 2. The standard InChI is InChI=1S/C19H24N2O2S/c1-19(2,3)24(23)15-14-20-18(22)21(16-10-6-4-7-11-16)17-12-8-5-9-13-17/h4-13H,14-15H2,1-3H3,(H,20,22). The van der Waals surface area contributed by atoms with Crippen LogP contribution in [0.4, 0.5) is 16.2 Å². The third-order valence-electron chi connectivity index (χ3n) is 3.48. The quantitative estimate of drug-likeness (QED) is 0.888. The molecule has 2 aromatic rings. The van der Waals surface area contributed by atoms with Crippen LogP contribution in [0.1, 0.15) is 20.8 Å². The minimum absolute atomic E-state index is 0.224. The third kappa shape index (κ3) is 4.93. The Morgan fingerprint density at radius 1 is 0.958 bits per heavy atom. The van der Waals surface area contributed by atoms with E-state index in [1.807, 2.05) is 81.4 Å². The maximum atomic E-state index is 12.7. The number of urea groups is 1. The average Bonchev–Trinajstić information content (AvgIpc) is 2.56. The summed E-state index contributed by atoms with van der Waals surface area (Å²) >= 11 is 0. The van der Waals surface area contributed by atoms with Crippen molar-refractivity contribution in [3.63, 3.8) is 0 Å². The molecule has 0 aliphatic rings. The fourth-order valence-corrected chi connectivity index (χ4v) is 3.07. The smallest absolute Gasteiger partial charge is 0.326 e. The Bertz CT molecular complexity index is 642. The zero-order valence-electron chi connectivity index (χ0n) is 14.4. The van der Waals surface area contributed by atoms with Gasteiger partial charge in [-0.25, -0.2) is 4.79 Å². The zero-order valence-corrected chi connectivity index (χ0v) is 15.2. The number of anilines is 2. The van der Waals surface area contributed by atoms with E-state index in [9.17, 15) is 9.00 Å². The lowest BCUT2D eigenvalue weighted by Crippen LogP contribution is -2.40. The molecule has 0 saturated heterocycles. The van der Waals surface area contributed by atoms with Crippen molar-refractivity contribution >= 4 is 28.2 Å². The van der Waals surface area contributed by atoms with Crippen molar-refractivity contribution in [2.75, 3.05) is 17.2 Å². The van der Waals surface area contributed by atoms with Gasteiger partial charge in [0.2, 0.25) is 0 Å². The van der Waals surface area contributed by atoms with Gasteiger partial charge in [0, 0.05) is 27.8 Å². The van der Waals surface area contributed by atoms with E-state index in [0.717, 1.165) is 11.4 Å². The van der Waals surface area contributed by atoms with Crippen molar-refractivity contribution in [2.24, 2.45) is 0 Å². The molecule has 0 aliphatic heterocycles. The second-order valence-electron chi connectivity index (χ2n) is 6.40. The van der Waals surface area contributed by atoms with Gasteiger partial charge in [-0.1, -0.05) is 36.4 Å². The molecule has 4 nitrogen and oxygen atoms in total. The predicted octanol–water partition coefficient (Wildman–Crippen LogP) is 4.08. The Hall–Kier alpha value is -2.14. The first kappa shape index (κ1) is 18.2. The van der Waals surface area contributed by atoms with Gasteiger partial charge >= 0.3 is 6.03 Å². The molecule has 2 rings (SSSR count). The minimum Gasteiger partial charge on any atom is -0.336 e. The van der Waals surface area contributed by atoms with Crippen molar-refractivity contribution in [3.8, 4) is 0 Å². The molecule has 0 radical (unpaired) electrons. The van der Waals surface area contributed by atoms with E-state index >= 15 is 0 Å².